The number of nitrogens with zero attached hydrogens (tertiary/aromatic N) is 1. The second-order valence-corrected chi connectivity index (χ2v) is 4.34. The van der Waals surface area contributed by atoms with Crippen LogP contribution in [0.5, 0.6) is 0 Å². The number of halogens is 1. The Morgan fingerprint density at radius 1 is 1.69 bits per heavy atom. The van der Waals surface area contributed by atoms with E-state index in [2.05, 4.69) is 5.16 Å². The van der Waals surface area contributed by atoms with Crippen molar-refractivity contribution in [3.63, 3.8) is 0 Å². The number of carbonyl (C=O) groups is 1. The van der Waals surface area contributed by atoms with Crippen LogP contribution < -0.4 is 0 Å². The zero-order valence-corrected chi connectivity index (χ0v) is 9.41. The van der Waals surface area contributed by atoms with Gasteiger partial charge in [0.25, 0.3) is 0 Å². The molecule has 2 aliphatic rings. The fourth-order valence-corrected chi connectivity index (χ4v) is 2.08. The first-order chi connectivity index (χ1) is 7.66. The maximum Gasteiger partial charge on any atom is 0.304 e. The first-order valence-electron chi connectivity index (χ1n) is 5.15. The van der Waals surface area contributed by atoms with Crippen LogP contribution in [0.25, 0.3) is 0 Å². The molecular formula is C11H12ClNO3. The van der Waals surface area contributed by atoms with E-state index in [0.717, 1.165) is 23.4 Å². The van der Waals surface area contributed by atoms with E-state index < -0.39 is 5.97 Å². The average Bonchev–Trinajstić information content (AvgIpc) is 2.65. The fourth-order valence-electron chi connectivity index (χ4n) is 1.85. The summed E-state index contributed by atoms with van der Waals surface area (Å²) >= 11 is 5.95. The normalized spacial score (nSPS) is 24.3. The molecule has 4 nitrogen and oxygen atoms in total. The van der Waals surface area contributed by atoms with E-state index in [9.17, 15) is 4.79 Å². The third-order valence-corrected chi connectivity index (χ3v) is 2.90. The second-order valence-electron chi connectivity index (χ2n) is 3.86. The summed E-state index contributed by atoms with van der Waals surface area (Å²) in [5, 5.41) is 13.5. The van der Waals surface area contributed by atoms with E-state index in [1.165, 1.54) is 0 Å². The highest BCUT2D eigenvalue weighted by Gasteiger charge is 2.28. The molecule has 1 aliphatic heterocycles. The van der Waals surface area contributed by atoms with Gasteiger partial charge in [0.2, 0.25) is 0 Å². The maximum atomic E-state index is 10.7. The SMILES string of the molecule is O=C(O)CC1CON=C1C1=CCCC(Cl)=C1. The summed E-state index contributed by atoms with van der Waals surface area (Å²) in [7, 11) is 0. The highest BCUT2D eigenvalue weighted by atomic mass is 35.5. The second kappa shape index (κ2) is 4.70. The Kier molecular flexibility index (Phi) is 3.29. The first-order valence-corrected chi connectivity index (χ1v) is 5.53. The summed E-state index contributed by atoms with van der Waals surface area (Å²) < 4.78 is 0. The van der Waals surface area contributed by atoms with Gasteiger partial charge in [-0.15, -0.1) is 0 Å². The quantitative estimate of drug-likeness (QED) is 0.825. The van der Waals surface area contributed by atoms with E-state index in [0.29, 0.717) is 12.3 Å². The third kappa shape index (κ3) is 2.44. The van der Waals surface area contributed by atoms with Crippen LogP contribution in [0.3, 0.4) is 0 Å². The van der Waals surface area contributed by atoms with Crippen molar-refractivity contribution in [2.75, 3.05) is 6.61 Å². The molecule has 1 heterocycles. The molecule has 0 aromatic heterocycles. The Morgan fingerprint density at radius 3 is 3.19 bits per heavy atom. The summed E-state index contributed by atoms with van der Waals surface area (Å²) in [6, 6.07) is 0. The van der Waals surface area contributed by atoms with Crippen LogP contribution in [0.1, 0.15) is 19.3 Å². The predicted molar refractivity (Wildman–Crippen MR) is 60.4 cm³/mol. The number of carboxylic acids is 1. The summed E-state index contributed by atoms with van der Waals surface area (Å²) in [4.78, 5) is 15.6. The smallest absolute Gasteiger partial charge is 0.304 e. The molecule has 5 heteroatoms. The van der Waals surface area contributed by atoms with Gasteiger partial charge in [0.1, 0.15) is 6.61 Å². The Labute approximate surface area is 98.2 Å². The molecule has 2 rings (SSSR count). The lowest BCUT2D eigenvalue weighted by Crippen LogP contribution is -2.19. The molecule has 0 spiro atoms. The van der Waals surface area contributed by atoms with Gasteiger partial charge in [-0.05, 0) is 24.5 Å². The number of carboxylic acid groups (broad SMARTS) is 1. The van der Waals surface area contributed by atoms with E-state index >= 15 is 0 Å². The predicted octanol–water partition coefficient (Wildman–Crippen LogP) is 2.31. The summed E-state index contributed by atoms with van der Waals surface area (Å²) in [5.41, 5.74) is 1.61. The van der Waals surface area contributed by atoms with Crippen LogP contribution in [-0.2, 0) is 9.63 Å². The summed E-state index contributed by atoms with van der Waals surface area (Å²) in [5.74, 6) is -1.00. The topological polar surface area (TPSA) is 58.9 Å². The number of hydrogen-bond acceptors (Lipinski definition) is 3. The van der Waals surface area contributed by atoms with Crippen LogP contribution >= 0.6 is 11.6 Å². The van der Waals surface area contributed by atoms with E-state index in [1.54, 1.807) is 0 Å². The summed E-state index contributed by atoms with van der Waals surface area (Å²) in [6.07, 6.45) is 5.61. The zero-order chi connectivity index (χ0) is 11.5. The number of allylic oxidation sites excluding steroid dienone is 4. The Bertz CT molecular complexity index is 398. The molecule has 86 valence electrons. The molecule has 0 saturated carbocycles. The zero-order valence-electron chi connectivity index (χ0n) is 8.65. The molecule has 1 unspecified atom stereocenters. The van der Waals surface area contributed by atoms with Gasteiger partial charge < -0.3 is 9.94 Å². The lowest BCUT2D eigenvalue weighted by Gasteiger charge is -2.12. The average molecular weight is 242 g/mol. The van der Waals surface area contributed by atoms with Gasteiger partial charge in [-0.25, -0.2) is 0 Å². The number of hydrogen-bond donors (Lipinski definition) is 1. The summed E-state index contributed by atoms with van der Waals surface area (Å²) in [6.45, 7) is 0.338. The van der Waals surface area contributed by atoms with Gasteiger partial charge in [-0.1, -0.05) is 22.8 Å². The van der Waals surface area contributed by atoms with Crippen LogP contribution in [0.2, 0.25) is 0 Å². The standard InChI is InChI=1S/C11H12ClNO3/c12-9-3-1-2-7(4-9)11-8(5-10(14)15)6-16-13-11/h2,4,8H,1,3,5-6H2,(H,14,15). The molecule has 0 radical (unpaired) electrons. The lowest BCUT2D eigenvalue weighted by molar-refractivity contribution is -0.137. The molecule has 0 aromatic rings. The van der Waals surface area contributed by atoms with Gasteiger partial charge in [0.05, 0.1) is 18.1 Å². The van der Waals surface area contributed by atoms with Crippen molar-refractivity contribution in [3.8, 4) is 0 Å². The van der Waals surface area contributed by atoms with Crippen molar-refractivity contribution in [2.45, 2.75) is 19.3 Å². The van der Waals surface area contributed by atoms with E-state index in [1.807, 2.05) is 12.2 Å². The van der Waals surface area contributed by atoms with Crippen LogP contribution in [0, 0.1) is 5.92 Å². The highest BCUT2D eigenvalue weighted by molar-refractivity contribution is 6.30. The minimum absolute atomic E-state index is 0.0433. The molecule has 0 amide bonds. The minimum Gasteiger partial charge on any atom is -0.481 e. The van der Waals surface area contributed by atoms with Crippen LogP contribution in [0.15, 0.2) is 27.9 Å². The van der Waals surface area contributed by atoms with Gasteiger partial charge in [0.15, 0.2) is 0 Å². The van der Waals surface area contributed by atoms with Gasteiger partial charge >= 0.3 is 5.97 Å². The van der Waals surface area contributed by atoms with Crippen molar-refractivity contribution in [2.24, 2.45) is 11.1 Å². The van der Waals surface area contributed by atoms with Crippen LogP contribution in [-0.4, -0.2) is 23.4 Å². The molecule has 0 fully saturated rings. The molecule has 1 N–H and O–H groups in total. The number of rotatable bonds is 3. The Hall–Kier alpha value is -1.29. The molecule has 0 bridgehead atoms. The number of aliphatic carboxylic acids is 1. The van der Waals surface area contributed by atoms with Gasteiger partial charge in [-0.2, -0.15) is 0 Å². The Balaban J connectivity index is 2.14. The largest absolute Gasteiger partial charge is 0.481 e. The molecule has 1 aliphatic carbocycles. The van der Waals surface area contributed by atoms with Crippen molar-refractivity contribution in [3.05, 3.63) is 22.8 Å². The highest BCUT2D eigenvalue weighted by Crippen LogP contribution is 2.27. The van der Waals surface area contributed by atoms with E-state index in [4.69, 9.17) is 21.5 Å². The van der Waals surface area contributed by atoms with Crippen molar-refractivity contribution in [1.29, 1.82) is 0 Å². The molecule has 1 atom stereocenters. The fraction of sp³-hybridized carbons (Fsp3) is 0.455. The van der Waals surface area contributed by atoms with E-state index in [-0.39, 0.29) is 12.3 Å². The van der Waals surface area contributed by atoms with Crippen molar-refractivity contribution >= 4 is 23.3 Å². The monoisotopic (exact) mass is 241 g/mol. The third-order valence-electron chi connectivity index (χ3n) is 2.60. The Morgan fingerprint density at radius 2 is 2.50 bits per heavy atom. The molecule has 0 saturated heterocycles. The number of oxime groups is 1. The van der Waals surface area contributed by atoms with Crippen molar-refractivity contribution in [1.82, 2.24) is 0 Å². The van der Waals surface area contributed by atoms with Crippen molar-refractivity contribution < 1.29 is 14.7 Å². The molecular weight excluding hydrogens is 230 g/mol. The van der Waals surface area contributed by atoms with Crippen LogP contribution in [0.4, 0.5) is 0 Å². The maximum absolute atomic E-state index is 10.7. The minimum atomic E-state index is -0.838. The molecule has 16 heavy (non-hydrogen) atoms. The molecule has 0 aromatic carbocycles. The van der Waals surface area contributed by atoms with Gasteiger partial charge in [-0.3, -0.25) is 4.79 Å². The van der Waals surface area contributed by atoms with Gasteiger partial charge in [0, 0.05) is 5.03 Å². The first kappa shape index (κ1) is 11.2. The lowest BCUT2D eigenvalue weighted by atomic mass is 9.92.